The Morgan fingerprint density at radius 2 is 1.90 bits per heavy atom. The fourth-order valence-corrected chi connectivity index (χ4v) is 3.19. The van der Waals surface area contributed by atoms with Crippen LogP contribution in [0.15, 0.2) is 46.9 Å². The molecule has 0 bridgehead atoms. The van der Waals surface area contributed by atoms with Crippen molar-refractivity contribution in [2.45, 2.75) is 26.4 Å². The number of aryl methyl sites for hydroxylation is 1. The Balaban J connectivity index is 1.58. The summed E-state index contributed by atoms with van der Waals surface area (Å²) in [6.45, 7) is 5.14. The first kappa shape index (κ1) is 21.5. The third-order valence-electron chi connectivity index (χ3n) is 4.93. The molecule has 0 spiro atoms. The summed E-state index contributed by atoms with van der Waals surface area (Å²) in [4.78, 5) is 12.4. The van der Waals surface area contributed by atoms with Crippen molar-refractivity contribution in [3.63, 3.8) is 0 Å². The maximum atomic E-state index is 12.4. The third-order valence-corrected chi connectivity index (χ3v) is 4.93. The molecule has 3 aromatic rings. The number of urea groups is 1. The summed E-state index contributed by atoms with van der Waals surface area (Å²) >= 11 is 0. The Bertz CT molecular complexity index is 998. The zero-order valence-electron chi connectivity index (χ0n) is 17.8. The minimum Gasteiger partial charge on any atom is -0.493 e. The zero-order valence-corrected chi connectivity index (χ0v) is 17.8. The number of benzene rings is 2. The van der Waals surface area contributed by atoms with E-state index in [4.69, 9.17) is 18.6 Å². The molecule has 0 fully saturated rings. The number of ether oxygens (including phenoxy) is 3. The fourth-order valence-electron chi connectivity index (χ4n) is 3.19. The number of fused-ring (bicyclic) bond motifs is 1. The van der Waals surface area contributed by atoms with Crippen molar-refractivity contribution in [3.05, 3.63) is 59.4 Å². The molecule has 3 rings (SSSR count). The normalized spacial score (nSPS) is 11.9. The van der Waals surface area contributed by atoms with Gasteiger partial charge in [0.1, 0.15) is 18.0 Å². The Labute approximate surface area is 176 Å². The van der Waals surface area contributed by atoms with Gasteiger partial charge in [0.05, 0.1) is 26.3 Å². The fraction of sp³-hybridized carbons (Fsp3) is 0.348. The van der Waals surface area contributed by atoms with Crippen molar-refractivity contribution in [3.8, 4) is 11.5 Å². The van der Waals surface area contributed by atoms with Gasteiger partial charge in [-0.25, -0.2) is 4.79 Å². The van der Waals surface area contributed by atoms with Crippen LogP contribution in [0.25, 0.3) is 11.0 Å². The van der Waals surface area contributed by atoms with Crippen LogP contribution in [0.4, 0.5) is 4.79 Å². The standard InChI is InChI=1S/C23H28N2O5/c1-15-18-7-5-6-8-19(18)30-22(15)14-24-23(26)25-16(2)17-9-10-20(21(13-17)28-4)29-12-11-27-3/h5-10,13,16H,11-12,14H2,1-4H3,(H2,24,25,26). The lowest BCUT2D eigenvalue weighted by atomic mass is 10.1. The second-order valence-corrected chi connectivity index (χ2v) is 6.95. The van der Waals surface area contributed by atoms with Crippen molar-refractivity contribution < 1.29 is 23.4 Å². The molecule has 7 heteroatoms. The lowest BCUT2D eigenvalue weighted by Gasteiger charge is -2.17. The summed E-state index contributed by atoms with van der Waals surface area (Å²) in [7, 11) is 3.21. The summed E-state index contributed by atoms with van der Waals surface area (Å²) in [6.07, 6.45) is 0. The summed E-state index contributed by atoms with van der Waals surface area (Å²) in [5.41, 5.74) is 2.76. The highest BCUT2D eigenvalue weighted by atomic mass is 16.5. The van der Waals surface area contributed by atoms with Gasteiger partial charge in [-0.2, -0.15) is 0 Å². The Kier molecular flexibility index (Phi) is 7.19. The Hall–Kier alpha value is -3.19. The monoisotopic (exact) mass is 412 g/mol. The highest BCUT2D eigenvalue weighted by molar-refractivity contribution is 5.82. The average molecular weight is 412 g/mol. The maximum Gasteiger partial charge on any atom is 0.315 e. The molecule has 1 atom stereocenters. The lowest BCUT2D eigenvalue weighted by molar-refractivity contribution is 0.144. The summed E-state index contributed by atoms with van der Waals surface area (Å²) in [5, 5.41) is 6.86. The van der Waals surface area contributed by atoms with Gasteiger partial charge in [-0.05, 0) is 37.6 Å². The molecule has 0 aliphatic rings. The van der Waals surface area contributed by atoms with Crippen molar-refractivity contribution in [2.24, 2.45) is 0 Å². The SMILES string of the molecule is COCCOc1ccc(C(C)NC(=O)NCc2oc3ccccc3c2C)cc1OC. The minimum absolute atomic E-state index is 0.219. The number of nitrogens with one attached hydrogen (secondary N) is 2. The van der Waals surface area contributed by atoms with Crippen molar-refractivity contribution in [2.75, 3.05) is 27.4 Å². The molecule has 160 valence electrons. The van der Waals surface area contributed by atoms with Gasteiger partial charge in [0, 0.05) is 18.1 Å². The van der Waals surface area contributed by atoms with E-state index in [2.05, 4.69) is 10.6 Å². The second kappa shape index (κ2) is 10.0. The number of furan rings is 1. The predicted octanol–water partition coefficient (Wildman–Crippen LogP) is 4.34. The van der Waals surface area contributed by atoms with E-state index in [1.165, 1.54) is 0 Å². The minimum atomic E-state index is -0.276. The molecule has 0 aliphatic carbocycles. The molecule has 0 saturated carbocycles. The van der Waals surface area contributed by atoms with Crippen molar-refractivity contribution >= 4 is 17.0 Å². The van der Waals surface area contributed by atoms with Crippen molar-refractivity contribution in [1.82, 2.24) is 10.6 Å². The number of carbonyl (C=O) groups is 1. The van der Waals surface area contributed by atoms with Crippen LogP contribution >= 0.6 is 0 Å². The van der Waals surface area contributed by atoms with E-state index in [9.17, 15) is 4.79 Å². The van der Waals surface area contributed by atoms with E-state index in [-0.39, 0.29) is 12.1 Å². The second-order valence-electron chi connectivity index (χ2n) is 6.95. The van der Waals surface area contributed by atoms with Crippen LogP contribution < -0.4 is 20.1 Å². The molecule has 0 radical (unpaired) electrons. The van der Waals surface area contributed by atoms with Gasteiger partial charge in [-0.3, -0.25) is 0 Å². The number of hydrogen-bond acceptors (Lipinski definition) is 5. The van der Waals surface area contributed by atoms with Crippen LogP contribution in [0.3, 0.4) is 0 Å². The Morgan fingerprint density at radius 1 is 1.10 bits per heavy atom. The van der Waals surface area contributed by atoms with E-state index in [0.29, 0.717) is 31.3 Å². The lowest BCUT2D eigenvalue weighted by Crippen LogP contribution is -2.36. The van der Waals surface area contributed by atoms with E-state index in [1.54, 1.807) is 14.2 Å². The molecule has 2 N–H and O–H groups in total. The average Bonchev–Trinajstić information content (AvgIpc) is 3.08. The highest BCUT2D eigenvalue weighted by Crippen LogP contribution is 2.30. The summed E-state index contributed by atoms with van der Waals surface area (Å²) < 4.78 is 21.9. The Morgan fingerprint density at radius 3 is 2.63 bits per heavy atom. The van der Waals surface area contributed by atoms with Crippen LogP contribution in [-0.4, -0.2) is 33.5 Å². The van der Waals surface area contributed by atoms with Crippen molar-refractivity contribution in [1.29, 1.82) is 0 Å². The number of methoxy groups -OCH3 is 2. The number of para-hydroxylation sites is 1. The topological polar surface area (TPSA) is 82.0 Å². The molecule has 1 unspecified atom stereocenters. The van der Waals surface area contributed by atoms with Crippen LogP contribution in [0.2, 0.25) is 0 Å². The smallest absolute Gasteiger partial charge is 0.315 e. The molecular weight excluding hydrogens is 384 g/mol. The van der Waals surface area contributed by atoms with E-state index in [1.807, 2.05) is 56.3 Å². The molecule has 0 saturated heterocycles. The van der Waals surface area contributed by atoms with Gasteiger partial charge < -0.3 is 29.3 Å². The summed E-state index contributed by atoms with van der Waals surface area (Å²) in [6, 6.07) is 12.9. The molecule has 1 heterocycles. The van der Waals surface area contributed by atoms with Gasteiger partial charge in [-0.15, -0.1) is 0 Å². The first-order valence-electron chi connectivity index (χ1n) is 9.84. The van der Waals surface area contributed by atoms with Gasteiger partial charge >= 0.3 is 6.03 Å². The number of rotatable bonds is 9. The van der Waals surface area contributed by atoms with Gasteiger partial charge in [0.2, 0.25) is 0 Å². The van der Waals surface area contributed by atoms with Gasteiger partial charge in [-0.1, -0.05) is 24.3 Å². The number of carbonyl (C=O) groups excluding carboxylic acids is 1. The highest BCUT2D eigenvalue weighted by Gasteiger charge is 2.15. The van der Waals surface area contributed by atoms with E-state index < -0.39 is 0 Å². The molecule has 2 aromatic carbocycles. The quantitative estimate of drug-likeness (QED) is 0.511. The van der Waals surface area contributed by atoms with Crippen LogP contribution in [0.1, 0.15) is 29.9 Å². The van der Waals surface area contributed by atoms with E-state index in [0.717, 1.165) is 27.9 Å². The molecule has 7 nitrogen and oxygen atoms in total. The molecular formula is C23H28N2O5. The molecule has 1 aromatic heterocycles. The molecule has 0 aliphatic heterocycles. The maximum absolute atomic E-state index is 12.4. The largest absolute Gasteiger partial charge is 0.493 e. The third kappa shape index (κ3) is 5.04. The van der Waals surface area contributed by atoms with Crippen LogP contribution in [-0.2, 0) is 11.3 Å². The number of amides is 2. The van der Waals surface area contributed by atoms with Crippen LogP contribution in [0, 0.1) is 6.92 Å². The van der Waals surface area contributed by atoms with Gasteiger partial charge in [0.15, 0.2) is 11.5 Å². The van der Waals surface area contributed by atoms with Crippen LogP contribution in [0.5, 0.6) is 11.5 Å². The predicted molar refractivity (Wildman–Crippen MR) is 115 cm³/mol. The first-order valence-corrected chi connectivity index (χ1v) is 9.84. The first-order chi connectivity index (χ1) is 14.5. The molecule has 30 heavy (non-hydrogen) atoms. The summed E-state index contributed by atoms with van der Waals surface area (Å²) in [5.74, 6) is 1.99. The van der Waals surface area contributed by atoms with E-state index >= 15 is 0 Å². The van der Waals surface area contributed by atoms with Gasteiger partial charge in [0.25, 0.3) is 0 Å². The number of hydrogen-bond donors (Lipinski definition) is 2. The molecule has 2 amide bonds. The zero-order chi connectivity index (χ0) is 21.5.